The van der Waals surface area contributed by atoms with Gasteiger partial charge in [0.1, 0.15) is 6.04 Å². The number of rotatable bonds is 2. The molecule has 0 radical (unpaired) electrons. The van der Waals surface area contributed by atoms with E-state index in [4.69, 9.17) is 5.11 Å². The first kappa shape index (κ1) is 14.5. The number of carboxylic acid groups (broad SMARTS) is 1. The third-order valence-electron chi connectivity index (χ3n) is 3.72. The zero-order valence-electron chi connectivity index (χ0n) is 12.0. The van der Waals surface area contributed by atoms with Crippen LogP contribution in [-0.4, -0.2) is 40.1 Å². The second-order valence-corrected chi connectivity index (χ2v) is 6.26. The number of hydrogen-bond acceptors (Lipinski definition) is 4. The van der Waals surface area contributed by atoms with Crippen molar-refractivity contribution in [2.24, 2.45) is 5.41 Å². The summed E-state index contributed by atoms with van der Waals surface area (Å²) in [6.45, 7) is 6.12. The summed E-state index contributed by atoms with van der Waals surface area (Å²) in [5.74, 6) is -1.43. The van der Waals surface area contributed by atoms with Gasteiger partial charge < -0.3 is 10.0 Å². The second kappa shape index (κ2) is 4.89. The first-order chi connectivity index (χ1) is 9.21. The Bertz CT molecular complexity index is 537. The average molecular weight is 277 g/mol. The molecule has 1 atom stereocenters. The molecule has 20 heavy (non-hydrogen) atoms. The van der Waals surface area contributed by atoms with E-state index in [9.17, 15) is 14.4 Å². The molecular weight excluding hydrogens is 258 g/mol. The lowest BCUT2D eigenvalue weighted by Gasteiger charge is -2.29. The zero-order chi connectivity index (χ0) is 15.1. The maximum Gasteiger partial charge on any atom is 0.326 e. The highest BCUT2D eigenvalue weighted by Crippen LogP contribution is 2.32. The first-order valence-corrected chi connectivity index (χ1v) is 6.74. The van der Waals surface area contributed by atoms with Crippen molar-refractivity contribution in [3.05, 3.63) is 23.4 Å². The number of carbonyl (C=O) groups excluding carboxylic acids is 2. The van der Waals surface area contributed by atoms with Gasteiger partial charge in [0.25, 0.3) is 0 Å². The SMILES string of the molecule is CC(C)(C)C1=CC(=O)C(N2CCC[C@H]2C(=O)O)=CC1=O. The smallest absolute Gasteiger partial charge is 0.326 e. The maximum absolute atomic E-state index is 12.2. The van der Waals surface area contributed by atoms with Crippen molar-refractivity contribution >= 4 is 17.5 Å². The van der Waals surface area contributed by atoms with Gasteiger partial charge in [-0.2, -0.15) is 0 Å². The van der Waals surface area contributed by atoms with Crippen molar-refractivity contribution in [3.63, 3.8) is 0 Å². The van der Waals surface area contributed by atoms with E-state index in [1.54, 1.807) is 4.90 Å². The molecule has 2 rings (SSSR count). The van der Waals surface area contributed by atoms with Gasteiger partial charge in [0.15, 0.2) is 5.78 Å². The summed E-state index contributed by atoms with van der Waals surface area (Å²) in [6, 6.07) is -0.706. The lowest BCUT2D eigenvalue weighted by atomic mass is 9.80. The quantitative estimate of drug-likeness (QED) is 0.775. The van der Waals surface area contributed by atoms with Gasteiger partial charge in [-0.3, -0.25) is 9.59 Å². The van der Waals surface area contributed by atoms with Crippen molar-refractivity contribution in [1.82, 2.24) is 4.90 Å². The zero-order valence-corrected chi connectivity index (χ0v) is 12.0. The number of carbonyl (C=O) groups is 3. The van der Waals surface area contributed by atoms with Crippen molar-refractivity contribution < 1.29 is 19.5 Å². The molecule has 1 heterocycles. The predicted molar refractivity (Wildman–Crippen MR) is 73.0 cm³/mol. The van der Waals surface area contributed by atoms with Crippen molar-refractivity contribution in [2.45, 2.75) is 39.7 Å². The van der Waals surface area contributed by atoms with Gasteiger partial charge in [0, 0.05) is 18.2 Å². The van der Waals surface area contributed by atoms with Crippen LogP contribution in [0.1, 0.15) is 33.6 Å². The fourth-order valence-corrected chi connectivity index (χ4v) is 2.67. The highest BCUT2D eigenvalue weighted by molar-refractivity contribution is 6.20. The van der Waals surface area contributed by atoms with Crippen LogP contribution < -0.4 is 0 Å². The van der Waals surface area contributed by atoms with E-state index in [2.05, 4.69) is 0 Å². The second-order valence-electron chi connectivity index (χ2n) is 6.26. The fourth-order valence-electron chi connectivity index (χ4n) is 2.67. The van der Waals surface area contributed by atoms with E-state index in [0.717, 1.165) is 0 Å². The van der Waals surface area contributed by atoms with E-state index in [-0.39, 0.29) is 17.3 Å². The summed E-state index contributed by atoms with van der Waals surface area (Å²) in [5.41, 5.74) is 0.289. The number of hydrogen-bond donors (Lipinski definition) is 1. The number of likely N-dealkylation sites (tertiary alicyclic amines) is 1. The van der Waals surface area contributed by atoms with Gasteiger partial charge in [0.05, 0.1) is 5.70 Å². The Morgan fingerprint density at radius 3 is 2.45 bits per heavy atom. The van der Waals surface area contributed by atoms with Crippen LogP contribution >= 0.6 is 0 Å². The lowest BCUT2D eigenvalue weighted by molar-refractivity contribution is -0.141. The normalized spacial score (nSPS) is 23.8. The van der Waals surface area contributed by atoms with Crippen LogP contribution in [0.15, 0.2) is 23.4 Å². The van der Waals surface area contributed by atoms with Crippen LogP contribution in [0.3, 0.4) is 0 Å². The number of aliphatic carboxylic acids is 1. The Morgan fingerprint density at radius 2 is 1.90 bits per heavy atom. The van der Waals surface area contributed by atoms with Crippen molar-refractivity contribution in [2.75, 3.05) is 6.54 Å². The predicted octanol–water partition coefficient (Wildman–Crippen LogP) is 1.54. The summed E-state index contributed by atoms with van der Waals surface area (Å²) in [7, 11) is 0. The Balaban J connectivity index is 2.31. The van der Waals surface area contributed by atoms with Crippen LogP contribution in [0, 0.1) is 5.41 Å². The number of allylic oxidation sites excluding steroid dienone is 3. The minimum atomic E-state index is -0.950. The van der Waals surface area contributed by atoms with Crippen molar-refractivity contribution in [3.8, 4) is 0 Å². The summed E-state index contributed by atoms with van der Waals surface area (Å²) in [5, 5.41) is 9.17. The molecule has 0 unspecified atom stereocenters. The Labute approximate surface area is 117 Å². The van der Waals surface area contributed by atoms with Crippen LogP contribution in [-0.2, 0) is 14.4 Å². The van der Waals surface area contributed by atoms with Gasteiger partial charge in [0.2, 0.25) is 5.78 Å². The Hall–Kier alpha value is -1.91. The molecule has 1 aliphatic heterocycles. The minimum absolute atomic E-state index is 0.205. The molecule has 1 saturated heterocycles. The molecule has 1 aliphatic carbocycles. The van der Waals surface area contributed by atoms with E-state index in [0.29, 0.717) is 25.0 Å². The summed E-state index contributed by atoms with van der Waals surface area (Å²) >= 11 is 0. The first-order valence-electron chi connectivity index (χ1n) is 6.74. The van der Waals surface area contributed by atoms with Gasteiger partial charge in [-0.25, -0.2) is 4.79 Å². The Morgan fingerprint density at radius 1 is 1.25 bits per heavy atom. The van der Waals surface area contributed by atoms with Gasteiger partial charge in [-0.1, -0.05) is 20.8 Å². The molecule has 5 nitrogen and oxygen atoms in total. The summed E-state index contributed by atoms with van der Waals surface area (Å²) in [4.78, 5) is 37.1. The standard InChI is InChI=1S/C15H19NO4/c1-15(2,3)9-7-13(18)11(8-12(9)17)16-6-4-5-10(16)14(19)20/h7-8,10H,4-6H2,1-3H3,(H,19,20)/t10-/m0/s1. The fraction of sp³-hybridized carbons (Fsp3) is 0.533. The third kappa shape index (κ3) is 2.53. The lowest BCUT2D eigenvalue weighted by Crippen LogP contribution is -2.39. The number of nitrogens with zero attached hydrogens (tertiary/aromatic N) is 1. The topological polar surface area (TPSA) is 74.7 Å². The summed E-state index contributed by atoms with van der Waals surface area (Å²) < 4.78 is 0. The summed E-state index contributed by atoms with van der Waals surface area (Å²) in [6.07, 6.45) is 3.87. The van der Waals surface area contributed by atoms with Crippen LogP contribution in [0.5, 0.6) is 0 Å². The van der Waals surface area contributed by atoms with Crippen molar-refractivity contribution in [1.29, 1.82) is 0 Å². The van der Waals surface area contributed by atoms with Gasteiger partial charge in [-0.15, -0.1) is 0 Å². The molecule has 0 amide bonds. The van der Waals surface area contributed by atoms with E-state index >= 15 is 0 Å². The molecule has 108 valence electrons. The van der Waals surface area contributed by atoms with Gasteiger partial charge >= 0.3 is 5.97 Å². The highest BCUT2D eigenvalue weighted by atomic mass is 16.4. The van der Waals surface area contributed by atoms with Crippen LogP contribution in [0.25, 0.3) is 0 Å². The number of carboxylic acids is 1. The van der Waals surface area contributed by atoms with E-state index in [1.807, 2.05) is 20.8 Å². The van der Waals surface area contributed by atoms with Gasteiger partial charge in [-0.05, 0) is 24.3 Å². The molecule has 2 aliphatic rings. The average Bonchev–Trinajstić information content (AvgIpc) is 2.79. The molecule has 0 bridgehead atoms. The third-order valence-corrected chi connectivity index (χ3v) is 3.72. The molecule has 0 aromatic carbocycles. The molecule has 0 aromatic rings. The van der Waals surface area contributed by atoms with E-state index < -0.39 is 17.4 Å². The molecule has 1 fully saturated rings. The largest absolute Gasteiger partial charge is 0.480 e. The molecular formula is C15H19NO4. The maximum atomic E-state index is 12.2. The van der Waals surface area contributed by atoms with Crippen LogP contribution in [0.2, 0.25) is 0 Å². The van der Waals surface area contributed by atoms with E-state index in [1.165, 1.54) is 12.2 Å². The minimum Gasteiger partial charge on any atom is -0.480 e. The monoisotopic (exact) mass is 277 g/mol. The molecule has 0 aromatic heterocycles. The number of ketones is 2. The molecule has 0 saturated carbocycles. The molecule has 1 N–H and O–H groups in total. The Kier molecular flexibility index (Phi) is 3.54. The van der Waals surface area contributed by atoms with Crippen LogP contribution in [0.4, 0.5) is 0 Å². The molecule has 5 heteroatoms. The highest BCUT2D eigenvalue weighted by Gasteiger charge is 2.37. The molecule has 0 spiro atoms.